The molecule has 0 radical (unpaired) electrons. The molecule has 0 aromatic heterocycles. The maximum absolute atomic E-state index is 12.6. The Hall–Kier alpha value is -1.11. The third-order valence-corrected chi connectivity index (χ3v) is 5.38. The van der Waals surface area contributed by atoms with Crippen LogP contribution < -0.4 is 10.5 Å². The Morgan fingerprint density at radius 1 is 1.43 bits per heavy atom. The van der Waals surface area contributed by atoms with Gasteiger partial charge in [-0.1, -0.05) is 13.0 Å². The smallest absolute Gasteiger partial charge is 0.241 e. The van der Waals surface area contributed by atoms with E-state index in [0.717, 1.165) is 5.56 Å². The lowest BCUT2D eigenvalue weighted by molar-refractivity contribution is -0.0599. The zero-order chi connectivity index (χ0) is 15.7. The van der Waals surface area contributed by atoms with Crippen LogP contribution in [0.15, 0.2) is 23.1 Å². The van der Waals surface area contributed by atoms with Crippen LogP contribution in [0.25, 0.3) is 0 Å². The molecule has 118 valence electrons. The molecule has 0 saturated carbocycles. The van der Waals surface area contributed by atoms with Crippen LogP contribution in [0.3, 0.4) is 0 Å². The SMILES string of the molecule is CCc1ccc(N)cc1S(=O)(=O)NC1CCOC(C)(C)C1. The first kappa shape index (κ1) is 16.3. The Bertz CT molecular complexity index is 611. The number of sulfonamides is 1. The molecule has 0 amide bonds. The van der Waals surface area contributed by atoms with Gasteiger partial charge in [-0.05, 0) is 50.8 Å². The first-order valence-corrected chi connectivity index (χ1v) is 8.76. The fourth-order valence-corrected chi connectivity index (χ4v) is 4.34. The van der Waals surface area contributed by atoms with Gasteiger partial charge in [-0.2, -0.15) is 0 Å². The molecular weight excluding hydrogens is 288 g/mol. The van der Waals surface area contributed by atoms with Crippen molar-refractivity contribution in [1.29, 1.82) is 0 Å². The van der Waals surface area contributed by atoms with E-state index in [1.165, 1.54) is 6.07 Å². The number of hydrogen-bond acceptors (Lipinski definition) is 4. The molecule has 5 nitrogen and oxygen atoms in total. The molecule has 1 atom stereocenters. The van der Waals surface area contributed by atoms with Gasteiger partial charge < -0.3 is 10.5 Å². The van der Waals surface area contributed by atoms with Crippen LogP contribution in [0.2, 0.25) is 0 Å². The molecular formula is C15H24N2O3S. The Morgan fingerprint density at radius 3 is 2.76 bits per heavy atom. The van der Waals surface area contributed by atoms with Gasteiger partial charge in [-0.3, -0.25) is 0 Å². The minimum atomic E-state index is -3.56. The van der Waals surface area contributed by atoms with Crippen molar-refractivity contribution in [3.8, 4) is 0 Å². The summed E-state index contributed by atoms with van der Waals surface area (Å²) in [5.74, 6) is 0. The second-order valence-corrected chi connectivity index (χ2v) is 7.82. The van der Waals surface area contributed by atoms with E-state index in [1.807, 2.05) is 20.8 Å². The van der Waals surface area contributed by atoms with Crippen LogP contribution in [0.1, 0.15) is 39.2 Å². The number of nitrogen functional groups attached to an aromatic ring is 1. The van der Waals surface area contributed by atoms with Crippen LogP contribution in [0.5, 0.6) is 0 Å². The minimum absolute atomic E-state index is 0.107. The highest BCUT2D eigenvalue weighted by Gasteiger charge is 2.32. The maximum atomic E-state index is 12.6. The molecule has 1 aliphatic rings. The number of nitrogens with one attached hydrogen (secondary N) is 1. The van der Waals surface area contributed by atoms with Crippen LogP contribution in [0, 0.1) is 0 Å². The van der Waals surface area contributed by atoms with E-state index in [1.54, 1.807) is 12.1 Å². The molecule has 0 spiro atoms. The number of rotatable bonds is 4. The molecule has 2 rings (SSSR count). The largest absolute Gasteiger partial charge is 0.399 e. The summed E-state index contributed by atoms with van der Waals surface area (Å²) in [5, 5.41) is 0. The van der Waals surface area contributed by atoms with E-state index < -0.39 is 10.0 Å². The molecule has 1 unspecified atom stereocenters. The highest BCUT2D eigenvalue weighted by Crippen LogP contribution is 2.26. The van der Waals surface area contributed by atoms with E-state index >= 15 is 0 Å². The molecule has 3 N–H and O–H groups in total. The fraction of sp³-hybridized carbons (Fsp3) is 0.600. The van der Waals surface area contributed by atoms with Gasteiger partial charge >= 0.3 is 0 Å². The molecule has 1 fully saturated rings. The quantitative estimate of drug-likeness (QED) is 0.834. The summed E-state index contributed by atoms with van der Waals surface area (Å²) in [5.41, 5.74) is 6.68. The van der Waals surface area contributed by atoms with Crippen molar-refractivity contribution < 1.29 is 13.2 Å². The summed E-state index contributed by atoms with van der Waals surface area (Å²) in [4.78, 5) is 0.286. The van der Waals surface area contributed by atoms with Crippen molar-refractivity contribution in [3.05, 3.63) is 23.8 Å². The first-order valence-electron chi connectivity index (χ1n) is 7.28. The van der Waals surface area contributed by atoms with E-state index in [4.69, 9.17) is 10.5 Å². The number of aryl methyl sites for hydroxylation is 1. The predicted molar refractivity (Wildman–Crippen MR) is 83.6 cm³/mol. The molecule has 0 aliphatic carbocycles. The number of anilines is 1. The topological polar surface area (TPSA) is 81.4 Å². The van der Waals surface area contributed by atoms with Gasteiger partial charge in [0.15, 0.2) is 0 Å². The summed E-state index contributed by atoms with van der Waals surface area (Å²) < 4.78 is 33.7. The van der Waals surface area contributed by atoms with Crippen LogP contribution >= 0.6 is 0 Å². The first-order chi connectivity index (χ1) is 9.73. The average molecular weight is 312 g/mol. The van der Waals surface area contributed by atoms with Crippen molar-refractivity contribution in [2.24, 2.45) is 0 Å². The van der Waals surface area contributed by atoms with Gasteiger partial charge in [0.2, 0.25) is 10.0 Å². The molecule has 21 heavy (non-hydrogen) atoms. The maximum Gasteiger partial charge on any atom is 0.241 e. The summed E-state index contributed by atoms with van der Waals surface area (Å²) in [6.45, 7) is 6.46. The van der Waals surface area contributed by atoms with Crippen LogP contribution in [-0.4, -0.2) is 26.7 Å². The Morgan fingerprint density at radius 2 is 2.14 bits per heavy atom. The standard InChI is InChI=1S/C15H24N2O3S/c1-4-11-5-6-12(16)9-14(11)21(18,19)17-13-7-8-20-15(2,3)10-13/h5-6,9,13,17H,4,7-8,10,16H2,1-3H3. The fourth-order valence-electron chi connectivity index (χ4n) is 2.73. The Labute approximate surface area is 126 Å². The van der Waals surface area contributed by atoms with Crippen molar-refractivity contribution in [3.63, 3.8) is 0 Å². The lowest BCUT2D eigenvalue weighted by Crippen LogP contribution is -2.45. The Balaban J connectivity index is 2.24. The zero-order valence-corrected chi connectivity index (χ0v) is 13.7. The number of ether oxygens (including phenoxy) is 1. The van der Waals surface area contributed by atoms with Crippen LogP contribution in [-0.2, 0) is 21.2 Å². The van der Waals surface area contributed by atoms with E-state index in [-0.39, 0.29) is 16.5 Å². The van der Waals surface area contributed by atoms with E-state index in [9.17, 15) is 8.42 Å². The predicted octanol–water partition coefficient (Wildman–Crippen LogP) is 2.07. The normalized spacial score (nSPS) is 22.1. The van der Waals surface area contributed by atoms with Gasteiger partial charge in [0, 0.05) is 18.3 Å². The monoisotopic (exact) mass is 312 g/mol. The molecule has 1 heterocycles. The van der Waals surface area contributed by atoms with Gasteiger partial charge in [0.05, 0.1) is 10.5 Å². The summed E-state index contributed by atoms with van der Waals surface area (Å²) in [6.07, 6.45) is 2.00. The van der Waals surface area contributed by atoms with Crippen molar-refractivity contribution in [2.75, 3.05) is 12.3 Å². The van der Waals surface area contributed by atoms with Gasteiger partial charge in [-0.25, -0.2) is 13.1 Å². The second-order valence-electron chi connectivity index (χ2n) is 6.14. The van der Waals surface area contributed by atoms with Crippen molar-refractivity contribution >= 4 is 15.7 Å². The molecule has 1 aliphatic heterocycles. The lowest BCUT2D eigenvalue weighted by atomic mass is 9.95. The molecule has 6 heteroatoms. The zero-order valence-electron chi connectivity index (χ0n) is 12.8. The van der Waals surface area contributed by atoms with Gasteiger partial charge in [-0.15, -0.1) is 0 Å². The lowest BCUT2D eigenvalue weighted by Gasteiger charge is -2.35. The summed E-state index contributed by atoms with van der Waals surface area (Å²) in [6, 6.07) is 4.93. The van der Waals surface area contributed by atoms with E-state index in [0.29, 0.717) is 31.6 Å². The number of hydrogen-bond donors (Lipinski definition) is 2. The summed E-state index contributed by atoms with van der Waals surface area (Å²) >= 11 is 0. The average Bonchev–Trinajstić information content (AvgIpc) is 2.37. The van der Waals surface area contributed by atoms with Crippen molar-refractivity contribution in [1.82, 2.24) is 4.72 Å². The highest BCUT2D eigenvalue weighted by molar-refractivity contribution is 7.89. The minimum Gasteiger partial charge on any atom is -0.399 e. The van der Waals surface area contributed by atoms with Gasteiger partial charge in [0.1, 0.15) is 0 Å². The van der Waals surface area contributed by atoms with Gasteiger partial charge in [0.25, 0.3) is 0 Å². The number of benzene rings is 1. The van der Waals surface area contributed by atoms with E-state index in [2.05, 4.69) is 4.72 Å². The van der Waals surface area contributed by atoms with Crippen LogP contribution in [0.4, 0.5) is 5.69 Å². The number of nitrogens with two attached hydrogens (primary N) is 1. The highest BCUT2D eigenvalue weighted by atomic mass is 32.2. The Kier molecular flexibility index (Phi) is 4.60. The molecule has 1 aromatic carbocycles. The third-order valence-electron chi connectivity index (χ3n) is 3.78. The second kappa shape index (κ2) is 5.94. The molecule has 0 bridgehead atoms. The summed E-state index contributed by atoms with van der Waals surface area (Å²) in [7, 11) is -3.56. The molecule has 1 aromatic rings. The third kappa shape index (κ3) is 3.96. The molecule has 1 saturated heterocycles. The van der Waals surface area contributed by atoms with Crippen molar-refractivity contribution in [2.45, 2.75) is 56.6 Å².